The van der Waals surface area contributed by atoms with E-state index in [4.69, 9.17) is 11.6 Å². The van der Waals surface area contributed by atoms with Gasteiger partial charge in [0.25, 0.3) is 10.0 Å². The van der Waals surface area contributed by atoms with Gasteiger partial charge >= 0.3 is 0 Å². The molecule has 0 saturated carbocycles. The molecule has 0 radical (unpaired) electrons. The van der Waals surface area contributed by atoms with E-state index in [9.17, 15) is 13.2 Å². The van der Waals surface area contributed by atoms with Crippen LogP contribution in [-0.4, -0.2) is 20.9 Å². The number of rotatable bonds is 9. The van der Waals surface area contributed by atoms with Crippen molar-refractivity contribution in [3.05, 3.63) is 119 Å². The summed E-state index contributed by atoms with van der Waals surface area (Å²) in [5.41, 5.74) is 3.98. The molecular formula is C29H27ClN2O3S2. The number of nitrogens with one attached hydrogen (secondary N) is 1. The van der Waals surface area contributed by atoms with Crippen molar-refractivity contribution >= 4 is 50.7 Å². The van der Waals surface area contributed by atoms with E-state index in [0.717, 1.165) is 26.7 Å². The summed E-state index contributed by atoms with van der Waals surface area (Å²) in [5.74, 6) is 0.369. The van der Waals surface area contributed by atoms with Gasteiger partial charge in [-0.05, 0) is 85.1 Å². The first-order valence-electron chi connectivity index (χ1n) is 11.6. The molecule has 1 N–H and O–H groups in total. The molecule has 0 bridgehead atoms. The first-order valence-corrected chi connectivity index (χ1v) is 14.4. The van der Waals surface area contributed by atoms with Crippen LogP contribution in [0.5, 0.6) is 0 Å². The third-order valence-electron chi connectivity index (χ3n) is 5.69. The number of sulfonamides is 1. The van der Waals surface area contributed by atoms with Gasteiger partial charge in [0.2, 0.25) is 5.91 Å². The molecule has 1 amide bonds. The number of hydrogen-bond acceptors (Lipinski definition) is 4. The number of anilines is 2. The Morgan fingerprint density at radius 3 is 2.30 bits per heavy atom. The Kier molecular flexibility index (Phi) is 8.59. The number of benzene rings is 4. The number of carbonyl (C=O) groups is 1. The van der Waals surface area contributed by atoms with Crippen LogP contribution < -0.4 is 9.62 Å². The molecule has 4 aromatic rings. The molecule has 8 heteroatoms. The summed E-state index contributed by atoms with van der Waals surface area (Å²) in [4.78, 5) is 14.4. The molecule has 0 unspecified atom stereocenters. The largest absolute Gasteiger partial charge is 0.324 e. The van der Waals surface area contributed by atoms with Gasteiger partial charge in [0.15, 0.2) is 0 Å². The SMILES string of the molecule is Cc1cccc(N(CC(=O)Nc2ccc(CSc3ccccc3)cc2C)S(=O)(=O)c2ccc(Cl)cc2)c1. The fraction of sp³-hybridized carbons (Fsp3) is 0.138. The van der Waals surface area contributed by atoms with Crippen LogP contribution in [0.1, 0.15) is 16.7 Å². The van der Waals surface area contributed by atoms with E-state index in [1.54, 1.807) is 30.0 Å². The topological polar surface area (TPSA) is 66.5 Å². The lowest BCUT2D eigenvalue weighted by Crippen LogP contribution is -2.38. The average Bonchev–Trinajstić information content (AvgIpc) is 2.88. The lowest BCUT2D eigenvalue weighted by atomic mass is 10.1. The predicted octanol–water partition coefficient (Wildman–Crippen LogP) is 7.08. The normalized spacial score (nSPS) is 11.2. The van der Waals surface area contributed by atoms with E-state index in [2.05, 4.69) is 17.4 Å². The van der Waals surface area contributed by atoms with Crippen LogP contribution >= 0.6 is 23.4 Å². The van der Waals surface area contributed by atoms with Crippen LogP contribution in [-0.2, 0) is 20.6 Å². The minimum Gasteiger partial charge on any atom is -0.324 e. The highest BCUT2D eigenvalue weighted by atomic mass is 35.5. The monoisotopic (exact) mass is 550 g/mol. The fourth-order valence-corrected chi connectivity index (χ4v) is 6.19. The third kappa shape index (κ3) is 6.95. The Labute approximate surface area is 227 Å². The van der Waals surface area contributed by atoms with Crippen molar-refractivity contribution < 1.29 is 13.2 Å². The molecule has 0 aliphatic heterocycles. The van der Waals surface area contributed by atoms with Gasteiger partial charge in [-0.3, -0.25) is 9.10 Å². The quantitative estimate of drug-likeness (QED) is 0.226. The average molecular weight is 551 g/mol. The van der Waals surface area contributed by atoms with Gasteiger partial charge in [0.05, 0.1) is 10.6 Å². The standard InChI is InChI=1S/C29H27ClN2O3S2/c1-21-7-6-8-25(17-21)32(37(34,35)27-14-12-24(30)13-15-27)19-29(33)31-28-16-11-23(18-22(28)2)20-36-26-9-4-3-5-10-26/h3-18H,19-20H2,1-2H3,(H,31,33). The van der Waals surface area contributed by atoms with Crippen LogP contribution in [0.3, 0.4) is 0 Å². The zero-order valence-corrected chi connectivity index (χ0v) is 22.9. The number of hydrogen-bond donors (Lipinski definition) is 1. The zero-order valence-electron chi connectivity index (χ0n) is 20.5. The first kappa shape index (κ1) is 26.8. The molecule has 5 nitrogen and oxygen atoms in total. The van der Waals surface area contributed by atoms with E-state index in [1.165, 1.54) is 29.2 Å². The Balaban J connectivity index is 1.52. The molecule has 0 aromatic heterocycles. The van der Waals surface area contributed by atoms with Crippen molar-refractivity contribution in [1.82, 2.24) is 0 Å². The molecule has 0 heterocycles. The highest BCUT2D eigenvalue weighted by Gasteiger charge is 2.27. The van der Waals surface area contributed by atoms with E-state index < -0.39 is 15.9 Å². The summed E-state index contributed by atoms with van der Waals surface area (Å²) in [6.45, 7) is 3.42. The molecule has 0 saturated heterocycles. The number of thioether (sulfide) groups is 1. The maximum atomic E-state index is 13.5. The van der Waals surface area contributed by atoms with Crippen molar-refractivity contribution in [3.63, 3.8) is 0 Å². The number of aryl methyl sites for hydroxylation is 2. The molecule has 190 valence electrons. The summed E-state index contributed by atoms with van der Waals surface area (Å²) >= 11 is 7.70. The fourth-order valence-electron chi connectivity index (χ4n) is 3.79. The van der Waals surface area contributed by atoms with E-state index in [1.807, 2.05) is 56.3 Å². The molecule has 37 heavy (non-hydrogen) atoms. The molecule has 0 atom stereocenters. The van der Waals surface area contributed by atoms with Gasteiger partial charge in [-0.2, -0.15) is 0 Å². The Morgan fingerprint density at radius 2 is 1.62 bits per heavy atom. The molecular weight excluding hydrogens is 524 g/mol. The van der Waals surface area contributed by atoms with Crippen LogP contribution in [0, 0.1) is 13.8 Å². The highest BCUT2D eigenvalue weighted by Crippen LogP contribution is 2.27. The number of carbonyl (C=O) groups excluding carboxylic acids is 1. The smallest absolute Gasteiger partial charge is 0.264 e. The van der Waals surface area contributed by atoms with E-state index in [0.29, 0.717) is 16.4 Å². The van der Waals surface area contributed by atoms with Crippen molar-refractivity contribution in [1.29, 1.82) is 0 Å². The second kappa shape index (κ2) is 11.9. The summed E-state index contributed by atoms with van der Waals surface area (Å²) in [6, 6.07) is 29.0. The number of amides is 1. The highest BCUT2D eigenvalue weighted by molar-refractivity contribution is 7.98. The van der Waals surface area contributed by atoms with E-state index >= 15 is 0 Å². The van der Waals surface area contributed by atoms with Gasteiger partial charge in [-0.15, -0.1) is 11.8 Å². The summed E-state index contributed by atoms with van der Waals surface area (Å²) in [6.07, 6.45) is 0. The van der Waals surface area contributed by atoms with Crippen LogP contribution in [0.2, 0.25) is 5.02 Å². The number of nitrogens with zero attached hydrogens (tertiary/aromatic N) is 1. The summed E-state index contributed by atoms with van der Waals surface area (Å²) in [7, 11) is -4.01. The zero-order chi connectivity index (χ0) is 26.4. The van der Waals surface area contributed by atoms with Crippen LogP contribution in [0.15, 0.2) is 107 Å². The van der Waals surface area contributed by atoms with Crippen LogP contribution in [0.25, 0.3) is 0 Å². The summed E-state index contributed by atoms with van der Waals surface area (Å²) < 4.78 is 28.2. The van der Waals surface area contributed by atoms with Gasteiger partial charge in [-0.1, -0.05) is 54.1 Å². The van der Waals surface area contributed by atoms with E-state index in [-0.39, 0.29) is 11.4 Å². The number of halogens is 1. The minimum atomic E-state index is -4.01. The van der Waals surface area contributed by atoms with Crippen molar-refractivity contribution in [2.75, 3.05) is 16.2 Å². The molecule has 0 aliphatic rings. The minimum absolute atomic E-state index is 0.0580. The van der Waals surface area contributed by atoms with Crippen molar-refractivity contribution in [2.24, 2.45) is 0 Å². The lowest BCUT2D eigenvalue weighted by Gasteiger charge is -2.24. The van der Waals surface area contributed by atoms with Gasteiger partial charge in [0, 0.05) is 21.4 Å². The van der Waals surface area contributed by atoms with Crippen molar-refractivity contribution in [2.45, 2.75) is 29.4 Å². The Hall–Kier alpha value is -3.26. The maximum absolute atomic E-state index is 13.5. The molecule has 0 aliphatic carbocycles. The molecule has 4 aromatic carbocycles. The van der Waals surface area contributed by atoms with Crippen LogP contribution in [0.4, 0.5) is 11.4 Å². The third-order valence-corrected chi connectivity index (χ3v) is 8.82. The van der Waals surface area contributed by atoms with Gasteiger partial charge in [-0.25, -0.2) is 8.42 Å². The lowest BCUT2D eigenvalue weighted by molar-refractivity contribution is -0.114. The maximum Gasteiger partial charge on any atom is 0.264 e. The Morgan fingerprint density at radius 1 is 0.892 bits per heavy atom. The predicted molar refractivity (Wildman–Crippen MR) is 153 cm³/mol. The van der Waals surface area contributed by atoms with Gasteiger partial charge < -0.3 is 5.32 Å². The van der Waals surface area contributed by atoms with Crippen molar-refractivity contribution in [3.8, 4) is 0 Å². The second-order valence-corrected chi connectivity index (χ2v) is 12.0. The molecule has 0 spiro atoms. The van der Waals surface area contributed by atoms with Gasteiger partial charge in [0.1, 0.15) is 6.54 Å². The Bertz CT molecular complexity index is 1490. The first-order chi connectivity index (χ1) is 17.7. The molecule has 0 fully saturated rings. The molecule has 4 rings (SSSR count). The summed E-state index contributed by atoms with van der Waals surface area (Å²) in [5, 5.41) is 3.32. The second-order valence-electron chi connectivity index (χ2n) is 8.60.